The fourth-order valence-corrected chi connectivity index (χ4v) is 1.72. The molecule has 0 saturated carbocycles. The molecule has 0 radical (unpaired) electrons. The van der Waals surface area contributed by atoms with Gasteiger partial charge >= 0.3 is 0 Å². The summed E-state index contributed by atoms with van der Waals surface area (Å²) in [7, 11) is 1.95. The van der Waals surface area contributed by atoms with Crippen molar-refractivity contribution in [3.8, 4) is 0 Å². The highest BCUT2D eigenvalue weighted by Crippen LogP contribution is 2.20. The van der Waals surface area contributed by atoms with Gasteiger partial charge in [-0.3, -0.25) is 4.68 Å². The number of rotatable bonds is 5. The Hall–Kier alpha value is -0.830. The first-order valence-electron chi connectivity index (χ1n) is 5.77. The maximum absolute atomic E-state index is 4.20. The van der Waals surface area contributed by atoms with Crippen molar-refractivity contribution in [2.24, 2.45) is 7.05 Å². The first-order valence-corrected chi connectivity index (χ1v) is 5.77. The molecule has 3 heteroatoms. The minimum absolute atomic E-state index is 0.231. The summed E-state index contributed by atoms with van der Waals surface area (Å²) in [5.74, 6) is 0. The van der Waals surface area contributed by atoms with E-state index in [1.807, 2.05) is 17.9 Å². The Labute approximate surface area is 92.9 Å². The number of hydrogen-bond donors (Lipinski definition) is 1. The Bertz CT molecular complexity index is 300. The molecule has 0 amide bonds. The van der Waals surface area contributed by atoms with Crippen molar-refractivity contribution in [3.63, 3.8) is 0 Å². The molecule has 1 aromatic rings. The van der Waals surface area contributed by atoms with Gasteiger partial charge in [0.15, 0.2) is 0 Å². The molecule has 0 bridgehead atoms. The fraction of sp³-hybridized carbons (Fsp3) is 0.750. The van der Waals surface area contributed by atoms with Gasteiger partial charge in [-0.1, -0.05) is 13.8 Å². The van der Waals surface area contributed by atoms with Crippen molar-refractivity contribution in [3.05, 3.63) is 18.0 Å². The summed E-state index contributed by atoms with van der Waals surface area (Å²) < 4.78 is 1.85. The molecule has 0 aromatic carbocycles. The molecule has 1 N–H and O–H groups in total. The molecular formula is C12H23N3. The van der Waals surface area contributed by atoms with E-state index in [1.54, 1.807) is 0 Å². The fourth-order valence-electron chi connectivity index (χ4n) is 1.72. The van der Waals surface area contributed by atoms with E-state index < -0.39 is 0 Å². The third-order valence-corrected chi connectivity index (χ3v) is 3.35. The average molecular weight is 209 g/mol. The molecule has 0 aliphatic rings. The maximum Gasteiger partial charge on any atom is 0.0537 e. The van der Waals surface area contributed by atoms with E-state index in [0.717, 1.165) is 12.8 Å². The normalized spacial score (nSPS) is 14.2. The minimum Gasteiger partial charge on any atom is -0.305 e. The molecular weight excluding hydrogens is 186 g/mol. The standard InChI is InChI=1S/C12H23N3/c1-6-12(4,7-2)14-10(3)11-8-13-15(5)9-11/h8-10,14H,6-7H2,1-5H3. The lowest BCUT2D eigenvalue weighted by molar-refractivity contribution is 0.299. The van der Waals surface area contributed by atoms with Crippen molar-refractivity contribution in [2.45, 2.75) is 52.1 Å². The van der Waals surface area contributed by atoms with Crippen LogP contribution in [0.1, 0.15) is 52.1 Å². The van der Waals surface area contributed by atoms with Gasteiger partial charge in [0.1, 0.15) is 0 Å². The van der Waals surface area contributed by atoms with Crippen molar-refractivity contribution < 1.29 is 0 Å². The molecule has 0 aliphatic heterocycles. The van der Waals surface area contributed by atoms with Gasteiger partial charge < -0.3 is 5.32 Å². The van der Waals surface area contributed by atoms with E-state index in [-0.39, 0.29) is 5.54 Å². The van der Waals surface area contributed by atoms with Crippen molar-refractivity contribution >= 4 is 0 Å². The summed E-state index contributed by atoms with van der Waals surface area (Å²) in [5.41, 5.74) is 1.49. The second-order valence-electron chi connectivity index (χ2n) is 4.58. The zero-order valence-corrected chi connectivity index (χ0v) is 10.5. The Morgan fingerprint density at radius 1 is 1.47 bits per heavy atom. The van der Waals surface area contributed by atoms with Gasteiger partial charge in [0, 0.05) is 30.4 Å². The van der Waals surface area contributed by atoms with Gasteiger partial charge in [0.05, 0.1) is 6.20 Å². The third kappa shape index (κ3) is 3.06. The Kier molecular flexibility index (Phi) is 3.91. The van der Waals surface area contributed by atoms with Gasteiger partial charge in [-0.2, -0.15) is 5.10 Å². The summed E-state index contributed by atoms with van der Waals surface area (Å²) in [6.07, 6.45) is 6.30. The largest absolute Gasteiger partial charge is 0.305 e. The van der Waals surface area contributed by atoms with Crippen LogP contribution < -0.4 is 5.32 Å². The zero-order chi connectivity index (χ0) is 11.5. The number of hydrogen-bond acceptors (Lipinski definition) is 2. The Balaban J connectivity index is 2.66. The highest BCUT2D eigenvalue weighted by molar-refractivity contribution is 5.10. The van der Waals surface area contributed by atoms with Crippen molar-refractivity contribution in [1.82, 2.24) is 15.1 Å². The molecule has 86 valence electrons. The van der Waals surface area contributed by atoms with Crippen LogP contribution in [0.4, 0.5) is 0 Å². The number of nitrogens with one attached hydrogen (secondary N) is 1. The molecule has 0 spiro atoms. The second-order valence-corrected chi connectivity index (χ2v) is 4.58. The Morgan fingerprint density at radius 3 is 2.47 bits per heavy atom. The molecule has 0 fully saturated rings. The summed E-state index contributed by atoms with van der Waals surface area (Å²) >= 11 is 0. The van der Waals surface area contributed by atoms with Gasteiger partial charge in [-0.05, 0) is 26.7 Å². The SMILES string of the molecule is CCC(C)(CC)NC(C)c1cnn(C)c1. The lowest BCUT2D eigenvalue weighted by Crippen LogP contribution is -2.42. The summed E-state index contributed by atoms with van der Waals surface area (Å²) in [4.78, 5) is 0. The van der Waals surface area contributed by atoms with Crippen LogP contribution in [0.25, 0.3) is 0 Å². The molecule has 1 aromatic heterocycles. The van der Waals surface area contributed by atoms with Gasteiger partial charge in [-0.15, -0.1) is 0 Å². The predicted octanol–water partition coefficient (Wildman–Crippen LogP) is 2.65. The average Bonchev–Trinajstić information content (AvgIpc) is 2.65. The first kappa shape index (κ1) is 12.2. The third-order valence-electron chi connectivity index (χ3n) is 3.35. The molecule has 1 atom stereocenters. The van der Waals surface area contributed by atoms with E-state index in [1.165, 1.54) is 5.56 Å². The van der Waals surface area contributed by atoms with Crippen molar-refractivity contribution in [2.75, 3.05) is 0 Å². The molecule has 1 unspecified atom stereocenters. The van der Waals surface area contributed by atoms with Gasteiger partial charge in [-0.25, -0.2) is 0 Å². The minimum atomic E-state index is 0.231. The maximum atomic E-state index is 4.20. The molecule has 0 aliphatic carbocycles. The first-order chi connectivity index (χ1) is 7.00. The monoisotopic (exact) mass is 209 g/mol. The second kappa shape index (κ2) is 4.79. The van der Waals surface area contributed by atoms with Crippen LogP contribution in [-0.4, -0.2) is 15.3 Å². The zero-order valence-electron chi connectivity index (χ0n) is 10.5. The van der Waals surface area contributed by atoms with Crippen LogP contribution in [-0.2, 0) is 7.05 Å². The van der Waals surface area contributed by atoms with E-state index in [9.17, 15) is 0 Å². The topological polar surface area (TPSA) is 29.9 Å². The predicted molar refractivity (Wildman–Crippen MR) is 63.7 cm³/mol. The lowest BCUT2D eigenvalue weighted by atomic mass is 9.94. The molecule has 1 heterocycles. The lowest BCUT2D eigenvalue weighted by Gasteiger charge is -2.31. The van der Waals surface area contributed by atoms with Crippen LogP contribution >= 0.6 is 0 Å². The molecule has 1 rings (SSSR count). The van der Waals surface area contributed by atoms with Crippen LogP contribution in [0.2, 0.25) is 0 Å². The molecule has 15 heavy (non-hydrogen) atoms. The van der Waals surface area contributed by atoms with E-state index in [0.29, 0.717) is 6.04 Å². The number of aryl methyl sites for hydroxylation is 1. The molecule has 0 saturated heterocycles. The highest BCUT2D eigenvalue weighted by atomic mass is 15.2. The van der Waals surface area contributed by atoms with Crippen molar-refractivity contribution in [1.29, 1.82) is 0 Å². The summed E-state index contributed by atoms with van der Waals surface area (Å²) in [5, 5.41) is 7.87. The van der Waals surface area contributed by atoms with E-state index in [2.05, 4.69) is 44.3 Å². The van der Waals surface area contributed by atoms with Gasteiger partial charge in [0.25, 0.3) is 0 Å². The van der Waals surface area contributed by atoms with E-state index >= 15 is 0 Å². The molecule has 3 nitrogen and oxygen atoms in total. The van der Waals surface area contributed by atoms with Crippen LogP contribution in [0.15, 0.2) is 12.4 Å². The number of nitrogens with zero attached hydrogens (tertiary/aromatic N) is 2. The van der Waals surface area contributed by atoms with Crippen LogP contribution in [0, 0.1) is 0 Å². The highest BCUT2D eigenvalue weighted by Gasteiger charge is 2.22. The summed E-state index contributed by atoms with van der Waals surface area (Å²) in [6.45, 7) is 8.93. The van der Waals surface area contributed by atoms with Gasteiger partial charge in [0.2, 0.25) is 0 Å². The Morgan fingerprint density at radius 2 is 2.07 bits per heavy atom. The quantitative estimate of drug-likeness (QED) is 0.808. The van der Waals surface area contributed by atoms with E-state index in [4.69, 9.17) is 0 Å². The summed E-state index contributed by atoms with van der Waals surface area (Å²) in [6, 6.07) is 0.364. The van der Waals surface area contributed by atoms with Crippen LogP contribution in [0.3, 0.4) is 0 Å². The smallest absolute Gasteiger partial charge is 0.0537 e. The van der Waals surface area contributed by atoms with Crippen LogP contribution in [0.5, 0.6) is 0 Å². The number of aromatic nitrogens is 2.